The van der Waals surface area contributed by atoms with Crippen LogP contribution in [0.15, 0.2) is 30.6 Å². The normalized spacial score (nSPS) is 23.2. The molecule has 0 aliphatic carbocycles. The van der Waals surface area contributed by atoms with E-state index in [-0.39, 0.29) is 17.2 Å². The molecule has 2 unspecified atom stereocenters. The van der Waals surface area contributed by atoms with Gasteiger partial charge in [-0.05, 0) is 24.6 Å². The number of rotatable bonds is 4. The van der Waals surface area contributed by atoms with Gasteiger partial charge in [-0.1, -0.05) is 0 Å². The fourth-order valence-corrected chi connectivity index (χ4v) is 4.96. The van der Waals surface area contributed by atoms with Crippen molar-refractivity contribution in [2.45, 2.75) is 12.6 Å². The van der Waals surface area contributed by atoms with Crippen molar-refractivity contribution in [3.8, 4) is 6.07 Å². The number of hydrogen-bond acceptors (Lipinski definition) is 5. The minimum absolute atomic E-state index is 0.0328. The third-order valence-corrected chi connectivity index (χ3v) is 6.66. The largest absolute Gasteiger partial charge is 0.417 e. The number of aromatic nitrogens is 2. The van der Waals surface area contributed by atoms with E-state index < -0.39 is 17.3 Å². The number of likely N-dealkylation sites (tertiary alicyclic amines) is 1. The third kappa shape index (κ3) is 3.81. The summed E-state index contributed by atoms with van der Waals surface area (Å²) < 4.78 is 47.6. The Morgan fingerprint density at radius 1 is 1.38 bits per heavy atom. The molecule has 32 heavy (non-hydrogen) atoms. The van der Waals surface area contributed by atoms with E-state index >= 15 is 0 Å². The fourth-order valence-electron chi connectivity index (χ4n) is 4.96. The van der Waals surface area contributed by atoms with E-state index in [1.54, 1.807) is 48.2 Å². The molecule has 3 heterocycles. The molecule has 0 spiro atoms. The predicted molar refractivity (Wildman–Crippen MR) is 110 cm³/mol. The Morgan fingerprint density at radius 2 is 2.16 bits per heavy atom. The third-order valence-electron chi connectivity index (χ3n) is 6.66. The Hall–Kier alpha value is -3.06. The van der Waals surface area contributed by atoms with Gasteiger partial charge in [0.05, 0.1) is 23.8 Å². The topological polar surface area (TPSA) is 74.4 Å². The summed E-state index contributed by atoms with van der Waals surface area (Å²) in [6.45, 7) is 2.49. The minimum Gasteiger partial charge on any atom is -0.384 e. The molecule has 4 rings (SSSR count). The van der Waals surface area contributed by atoms with E-state index in [1.165, 1.54) is 6.07 Å². The fraction of sp³-hybridized carbons (Fsp3) is 0.500. The summed E-state index contributed by atoms with van der Waals surface area (Å²) in [4.78, 5) is 20.8. The van der Waals surface area contributed by atoms with Gasteiger partial charge in [0.15, 0.2) is 5.82 Å². The minimum atomic E-state index is -4.61. The lowest BCUT2D eigenvalue weighted by molar-refractivity contribution is -0.137. The van der Waals surface area contributed by atoms with E-state index in [4.69, 9.17) is 10.00 Å². The van der Waals surface area contributed by atoms with Crippen molar-refractivity contribution in [3.63, 3.8) is 0 Å². The zero-order valence-corrected chi connectivity index (χ0v) is 17.9. The van der Waals surface area contributed by atoms with Crippen molar-refractivity contribution in [1.29, 1.82) is 5.26 Å². The zero-order chi connectivity index (χ0) is 23.1. The number of alkyl halides is 3. The summed E-state index contributed by atoms with van der Waals surface area (Å²) in [6, 6.07) is 5.45. The molecule has 0 radical (unpaired) electrons. The molecule has 1 amide bonds. The van der Waals surface area contributed by atoms with Crippen LogP contribution in [-0.4, -0.2) is 60.3 Å². The molecule has 2 aliphatic rings. The number of hydrogen-bond donors (Lipinski definition) is 0. The lowest BCUT2D eigenvalue weighted by Crippen LogP contribution is -2.51. The number of carbonyl (C=O) groups is 1. The number of carbonyl (C=O) groups excluding carboxylic acids is 1. The molecule has 170 valence electrons. The number of amides is 1. The van der Waals surface area contributed by atoms with E-state index in [2.05, 4.69) is 4.98 Å². The maximum Gasteiger partial charge on any atom is 0.417 e. The highest BCUT2D eigenvalue weighted by Gasteiger charge is 2.50. The standard InChI is InChI=1S/C22H24F3N5O2/c1-28-8-6-27-19(28)20(31)29-7-5-21(14-32-2)13-30(12-16(21)11-29)17-4-3-15(10-26)18(9-17)22(23,24)25/h3-4,6,8-9,16H,5,7,11-14H2,1-2H3. The summed E-state index contributed by atoms with van der Waals surface area (Å²) in [5.41, 5.74) is -1.17. The molecule has 0 N–H and O–H groups in total. The maximum atomic E-state index is 13.5. The van der Waals surface area contributed by atoms with Gasteiger partial charge in [-0.25, -0.2) is 4.98 Å². The highest BCUT2D eigenvalue weighted by Crippen LogP contribution is 2.45. The molecule has 10 heteroatoms. The van der Waals surface area contributed by atoms with Gasteiger partial charge in [-0.3, -0.25) is 4.79 Å². The lowest BCUT2D eigenvalue weighted by atomic mass is 9.73. The first-order valence-corrected chi connectivity index (χ1v) is 10.3. The van der Waals surface area contributed by atoms with Crippen molar-refractivity contribution < 1.29 is 22.7 Å². The Balaban J connectivity index is 1.60. The van der Waals surface area contributed by atoms with Crippen molar-refractivity contribution in [1.82, 2.24) is 14.5 Å². The summed E-state index contributed by atoms with van der Waals surface area (Å²) in [6.07, 6.45) is -0.636. The van der Waals surface area contributed by atoms with Crippen molar-refractivity contribution in [2.75, 3.05) is 44.8 Å². The van der Waals surface area contributed by atoms with Crippen LogP contribution < -0.4 is 4.90 Å². The van der Waals surface area contributed by atoms with Crippen LogP contribution in [0.3, 0.4) is 0 Å². The molecule has 2 atom stereocenters. The van der Waals surface area contributed by atoms with Gasteiger partial charge in [0.2, 0.25) is 0 Å². The van der Waals surface area contributed by atoms with Crippen LogP contribution in [0.5, 0.6) is 0 Å². The van der Waals surface area contributed by atoms with Crippen molar-refractivity contribution >= 4 is 11.6 Å². The molecule has 0 bridgehead atoms. The van der Waals surface area contributed by atoms with Crippen LogP contribution in [0.2, 0.25) is 0 Å². The quantitative estimate of drug-likeness (QED) is 0.721. The van der Waals surface area contributed by atoms with Crippen LogP contribution >= 0.6 is 0 Å². The summed E-state index contributed by atoms with van der Waals surface area (Å²) in [5.74, 6) is 0.242. The maximum absolute atomic E-state index is 13.5. The van der Waals surface area contributed by atoms with E-state index in [0.717, 1.165) is 6.07 Å². The second-order valence-corrected chi connectivity index (χ2v) is 8.58. The first-order valence-electron chi connectivity index (χ1n) is 10.3. The van der Waals surface area contributed by atoms with Gasteiger partial charge in [0.25, 0.3) is 5.91 Å². The number of methoxy groups -OCH3 is 1. The number of piperidine rings is 1. The number of aryl methyl sites for hydroxylation is 1. The first kappa shape index (κ1) is 22.1. The number of anilines is 1. The van der Waals surface area contributed by atoms with Crippen LogP contribution in [0.4, 0.5) is 18.9 Å². The molecule has 7 nitrogen and oxygen atoms in total. The van der Waals surface area contributed by atoms with Crippen molar-refractivity contribution in [2.24, 2.45) is 18.4 Å². The molecular weight excluding hydrogens is 423 g/mol. The number of halogens is 3. The van der Waals surface area contributed by atoms with E-state index in [0.29, 0.717) is 50.7 Å². The second-order valence-electron chi connectivity index (χ2n) is 8.58. The predicted octanol–water partition coefficient (Wildman–Crippen LogP) is 2.93. The molecule has 2 fully saturated rings. The van der Waals surface area contributed by atoms with Crippen LogP contribution in [0, 0.1) is 22.7 Å². The summed E-state index contributed by atoms with van der Waals surface area (Å²) >= 11 is 0. The molecule has 0 saturated carbocycles. The average molecular weight is 447 g/mol. The van der Waals surface area contributed by atoms with Gasteiger partial charge in [0.1, 0.15) is 0 Å². The number of nitrogens with zero attached hydrogens (tertiary/aromatic N) is 5. The molecule has 1 aromatic heterocycles. The summed E-state index contributed by atoms with van der Waals surface area (Å²) in [7, 11) is 3.38. The van der Waals surface area contributed by atoms with Crippen LogP contribution in [-0.2, 0) is 18.0 Å². The number of fused-ring (bicyclic) bond motifs is 1. The number of imidazole rings is 1. The monoisotopic (exact) mass is 447 g/mol. The highest BCUT2D eigenvalue weighted by atomic mass is 19.4. The van der Waals surface area contributed by atoms with Crippen LogP contribution in [0.25, 0.3) is 0 Å². The Labute approximate surface area is 184 Å². The van der Waals surface area contributed by atoms with Gasteiger partial charge < -0.3 is 19.1 Å². The molecule has 2 aliphatic heterocycles. The number of nitriles is 1. The zero-order valence-electron chi connectivity index (χ0n) is 17.9. The molecule has 2 saturated heterocycles. The highest BCUT2D eigenvalue weighted by molar-refractivity contribution is 5.91. The summed E-state index contributed by atoms with van der Waals surface area (Å²) in [5, 5.41) is 9.07. The van der Waals surface area contributed by atoms with E-state index in [1.807, 2.05) is 4.90 Å². The SMILES string of the molecule is COCC12CCN(C(=O)c3nccn3C)CC1CN(c1ccc(C#N)c(C(F)(F)F)c1)C2. The second kappa shape index (κ2) is 8.13. The van der Waals surface area contributed by atoms with Gasteiger partial charge >= 0.3 is 6.18 Å². The average Bonchev–Trinajstić information content (AvgIpc) is 3.35. The van der Waals surface area contributed by atoms with Gasteiger partial charge in [0, 0.05) is 69.8 Å². The van der Waals surface area contributed by atoms with Crippen molar-refractivity contribution in [3.05, 3.63) is 47.5 Å². The Bertz CT molecular complexity index is 1060. The van der Waals surface area contributed by atoms with Gasteiger partial charge in [-0.15, -0.1) is 0 Å². The Kier molecular flexibility index (Phi) is 5.63. The van der Waals surface area contributed by atoms with E-state index in [9.17, 15) is 18.0 Å². The van der Waals surface area contributed by atoms with Gasteiger partial charge in [-0.2, -0.15) is 18.4 Å². The number of ether oxygens (including phenoxy) is 1. The molecule has 2 aromatic rings. The van der Waals surface area contributed by atoms with Crippen LogP contribution in [0.1, 0.15) is 28.2 Å². The molecule has 1 aromatic carbocycles. The molecular formula is C22H24F3N5O2. The number of benzene rings is 1. The smallest absolute Gasteiger partial charge is 0.384 e. The lowest BCUT2D eigenvalue weighted by Gasteiger charge is -2.42. The first-order chi connectivity index (χ1) is 15.2. The Morgan fingerprint density at radius 3 is 2.78 bits per heavy atom.